The molecule has 0 aliphatic heterocycles. The standard InChI is InChI=1S/C51H39N/c1-35-18-20-40(21-19-35)41-26-24-39(25-27-41)37(3)52-51(46-32-30-45(31-33-46)50-17-9-13-43-11-5-7-15-48(43)50)34-36(2)38-22-28-44(29-23-38)49-16-8-12-42-10-4-6-14-47(42)49/h4-34H,3H2,1-2H3/b36-34+,52-51+. The molecule has 0 aliphatic carbocycles. The number of hydrogen-bond acceptors (Lipinski definition) is 1. The third-order valence-electron chi connectivity index (χ3n) is 9.93. The van der Waals surface area contributed by atoms with Crippen LogP contribution in [0.15, 0.2) is 200 Å². The van der Waals surface area contributed by atoms with Gasteiger partial charge in [0.2, 0.25) is 0 Å². The second-order valence-corrected chi connectivity index (χ2v) is 13.4. The fourth-order valence-corrected chi connectivity index (χ4v) is 6.97. The van der Waals surface area contributed by atoms with Crippen LogP contribution in [0.5, 0.6) is 0 Å². The normalized spacial score (nSPS) is 12.0. The van der Waals surface area contributed by atoms with Gasteiger partial charge < -0.3 is 0 Å². The zero-order chi connectivity index (χ0) is 35.4. The Bertz CT molecular complexity index is 2590. The van der Waals surface area contributed by atoms with E-state index in [0.29, 0.717) is 0 Å². The lowest BCUT2D eigenvalue weighted by Crippen LogP contribution is -1.99. The maximum absolute atomic E-state index is 5.19. The molecule has 0 fully saturated rings. The second kappa shape index (κ2) is 14.3. The Morgan fingerprint density at radius 1 is 0.442 bits per heavy atom. The maximum atomic E-state index is 5.19. The van der Waals surface area contributed by atoms with Crippen LogP contribution in [0, 0.1) is 6.92 Å². The van der Waals surface area contributed by atoms with Gasteiger partial charge in [-0.25, -0.2) is 4.99 Å². The summed E-state index contributed by atoms with van der Waals surface area (Å²) >= 11 is 0. The van der Waals surface area contributed by atoms with Crippen molar-refractivity contribution in [3.63, 3.8) is 0 Å². The predicted molar refractivity (Wildman–Crippen MR) is 225 cm³/mol. The molecule has 0 spiro atoms. The Kier molecular flexibility index (Phi) is 9.00. The summed E-state index contributed by atoms with van der Waals surface area (Å²) in [5.41, 5.74) is 14.4. The minimum Gasteiger partial charge on any atom is -0.248 e. The topological polar surface area (TPSA) is 12.4 Å². The molecule has 1 nitrogen and oxygen atoms in total. The maximum Gasteiger partial charge on any atom is 0.0712 e. The van der Waals surface area contributed by atoms with E-state index in [-0.39, 0.29) is 0 Å². The van der Waals surface area contributed by atoms with Gasteiger partial charge in [-0.15, -0.1) is 0 Å². The zero-order valence-electron chi connectivity index (χ0n) is 29.6. The lowest BCUT2D eigenvalue weighted by Gasteiger charge is -2.11. The van der Waals surface area contributed by atoms with Crippen LogP contribution in [0.1, 0.15) is 29.2 Å². The van der Waals surface area contributed by atoms with Gasteiger partial charge in [0.15, 0.2) is 0 Å². The van der Waals surface area contributed by atoms with Gasteiger partial charge in [-0.2, -0.15) is 0 Å². The molecule has 8 rings (SSSR count). The molecule has 1 heteroatoms. The highest BCUT2D eigenvalue weighted by molar-refractivity contribution is 6.14. The van der Waals surface area contributed by atoms with Crippen LogP contribution in [-0.2, 0) is 0 Å². The van der Waals surface area contributed by atoms with E-state index >= 15 is 0 Å². The minimum atomic E-state index is 0.721. The van der Waals surface area contributed by atoms with Gasteiger partial charge in [0, 0.05) is 5.56 Å². The van der Waals surface area contributed by atoms with Crippen molar-refractivity contribution in [2.24, 2.45) is 4.99 Å². The summed E-state index contributed by atoms with van der Waals surface area (Å²) in [7, 11) is 0. The Morgan fingerprint density at radius 2 is 0.865 bits per heavy atom. The van der Waals surface area contributed by atoms with Crippen molar-refractivity contribution in [3.05, 3.63) is 217 Å². The van der Waals surface area contributed by atoms with Gasteiger partial charge in [-0.05, 0) is 91.5 Å². The third kappa shape index (κ3) is 6.77. The van der Waals surface area contributed by atoms with Crippen LogP contribution in [0.3, 0.4) is 0 Å². The molecule has 0 heterocycles. The average Bonchev–Trinajstić information content (AvgIpc) is 3.20. The molecular formula is C51H39N. The first-order chi connectivity index (χ1) is 25.5. The number of aryl methyl sites for hydroxylation is 1. The lowest BCUT2D eigenvalue weighted by atomic mass is 9.95. The molecular weight excluding hydrogens is 627 g/mol. The minimum absolute atomic E-state index is 0.721. The Balaban J connectivity index is 1.14. The summed E-state index contributed by atoms with van der Waals surface area (Å²) in [5.74, 6) is 0. The van der Waals surface area contributed by atoms with Crippen LogP contribution in [0.2, 0.25) is 0 Å². The number of allylic oxidation sites excluding steroid dienone is 2. The van der Waals surface area contributed by atoms with Crippen molar-refractivity contribution >= 4 is 38.5 Å². The van der Waals surface area contributed by atoms with Crippen LogP contribution in [0.4, 0.5) is 0 Å². The summed E-state index contributed by atoms with van der Waals surface area (Å²) in [6.45, 7) is 8.71. The van der Waals surface area contributed by atoms with Gasteiger partial charge in [-0.1, -0.05) is 194 Å². The van der Waals surface area contributed by atoms with Gasteiger partial charge >= 0.3 is 0 Å². The van der Waals surface area contributed by atoms with E-state index in [1.54, 1.807) is 0 Å². The molecule has 0 atom stereocenters. The highest BCUT2D eigenvalue weighted by Gasteiger charge is 2.10. The van der Waals surface area contributed by atoms with E-state index in [1.165, 1.54) is 60.5 Å². The highest BCUT2D eigenvalue weighted by atomic mass is 14.8. The Hall–Kier alpha value is -6.57. The van der Waals surface area contributed by atoms with Gasteiger partial charge in [0.1, 0.15) is 0 Å². The first kappa shape index (κ1) is 32.6. The van der Waals surface area contributed by atoms with Crippen LogP contribution < -0.4 is 0 Å². The molecule has 0 aliphatic rings. The smallest absolute Gasteiger partial charge is 0.0712 e. The number of fused-ring (bicyclic) bond motifs is 2. The van der Waals surface area contributed by atoms with E-state index in [0.717, 1.165) is 33.7 Å². The quantitative estimate of drug-likeness (QED) is 0.143. The van der Waals surface area contributed by atoms with Crippen molar-refractivity contribution in [2.45, 2.75) is 13.8 Å². The monoisotopic (exact) mass is 665 g/mol. The van der Waals surface area contributed by atoms with Crippen molar-refractivity contribution in [3.8, 4) is 33.4 Å². The fraction of sp³-hybridized carbons (Fsp3) is 0.0392. The first-order valence-corrected chi connectivity index (χ1v) is 17.8. The van der Waals surface area contributed by atoms with Gasteiger partial charge in [0.05, 0.1) is 11.4 Å². The first-order valence-electron chi connectivity index (χ1n) is 17.8. The number of aliphatic imine (C=N–C) groups is 1. The van der Waals surface area contributed by atoms with E-state index in [9.17, 15) is 0 Å². The average molecular weight is 666 g/mol. The summed E-state index contributed by atoms with van der Waals surface area (Å²) in [6.07, 6.45) is 2.19. The molecule has 0 amide bonds. The van der Waals surface area contributed by atoms with Crippen LogP contribution >= 0.6 is 0 Å². The largest absolute Gasteiger partial charge is 0.248 e. The van der Waals surface area contributed by atoms with Crippen LogP contribution in [0.25, 0.3) is 66.2 Å². The summed E-state index contributed by atoms with van der Waals surface area (Å²) in [4.78, 5) is 5.19. The molecule has 0 bridgehead atoms. The number of nitrogens with zero attached hydrogens (tertiary/aromatic N) is 1. The molecule has 8 aromatic rings. The van der Waals surface area contributed by atoms with Gasteiger partial charge in [0.25, 0.3) is 0 Å². The van der Waals surface area contributed by atoms with Crippen LogP contribution in [-0.4, -0.2) is 5.71 Å². The second-order valence-electron chi connectivity index (χ2n) is 13.4. The lowest BCUT2D eigenvalue weighted by molar-refractivity contribution is 1.46. The van der Waals surface area contributed by atoms with Crippen molar-refractivity contribution in [1.82, 2.24) is 0 Å². The predicted octanol–water partition coefficient (Wildman–Crippen LogP) is 13.9. The third-order valence-corrected chi connectivity index (χ3v) is 9.93. The molecule has 8 aromatic carbocycles. The van der Waals surface area contributed by atoms with Crippen molar-refractivity contribution in [1.29, 1.82) is 0 Å². The molecule has 0 radical (unpaired) electrons. The molecule has 0 aromatic heterocycles. The van der Waals surface area contributed by atoms with E-state index in [1.807, 2.05) is 0 Å². The Labute approximate surface area is 306 Å². The Morgan fingerprint density at radius 3 is 1.40 bits per heavy atom. The highest BCUT2D eigenvalue weighted by Crippen LogP contribution is 2.32. The molecule has 0 saturated carbocycles. The summed E-state index contributed by atoms with van der Waals surface area (Å²) < 4.78 is 0. The number of hydrogen-bond donors (Lipinski definition) is 0. The molecule has 248 valence electrons. The van der Waals surface area contributed by atoms with Crippen molar-refractivity contribution in [2.75, 3.05) is 0 Å². The summed E-state index contributed by atoms with van der Waals surface area (Å²) in [5, 5.41) is 4.99. The zero-order valence-corrected chi connectivity index (χ0v) is 29.6. The van der Waals surface area contributed by atoms with E-state index < -0.39 is 0 Å². The SMILES string of the molecule is C=C(/N=C(\C=C(/C)c1ccc(-c2cccc3ccccc23)cc1)c1ccc(-c2cccc3ccccc23)cc1)c1ccc(-c2ccc(C)cc2)cc1. The summed E-state index contributed by atoms with van der Waals surface area (Å²) in [6, 6.07) is 64.9. The molecule has 0 saturated heterocycles. The van der Waals surface area contributed by atoms with Crippen molar-refractivity contribution < 1.29 is 0 Å². The number of benzene rings is 8. The molecule has 52 heavy (non-hydrogen) atoms. The van der Waals surface area contributed by atoms with E-state index in [4.69, 9.17) is 4.99 Å². The van der Waals surface area contributed by atoms with E-state index in [2.05, 4.69) is 208 Å². The number of rotatable bonds is 8. The van der Waals surface area contributed by atoms with Gasteiger partial charge in [-0.3, -0.25) is 0 Å². The molecule has 0 N–H and O–H groups in total. The molecule has 0 unspecified atom stereocenters. The fourth-order valence-electron chi connectivity index (χ4n) is 6.97.